The molecule has 0 saturated heterocycles. The number of nitrogens with one attached hydrogen (secondary N) is 1. The summed E-state index contributed by atoms with van der Waals surface area (Å²) in [5.41, 5.74) is 5.14. The molecule has 0 heterocycles. The Kier molecular flexibility index (Phi) is 4.86. The molecule has 106 valence electrons. The molecule has 0 aliphatic rings. The molecular formula is C15H15BrF2N2. The molecule has 2 rings (SSSR count). The fourth-order valence-corrected chi connectivity index (χ4v) is 2.85. The summed E-state index contributed by atoms with van der Waals surface area (Å²) in [5.74, 6) is 4.43. The van der Waals surface area contributed by atoms with Crippen molar-refractivity contribution in [2.45, 2.75) is 19.4 Å². The number of rotatable bonds is 4. The first-order chi connectivity index (χ1) is 9.51. The molecule has 0 fully saturated rings. The van der Waals surface area contributed by atoms with Crippen LogP contribution in [0, 0.1) is 18.6 Å². The zero-order chi connectivity index (χ0) is 14.7. The van der Waals surface area contributed by atoms with Crippen molar-refractivity contribution in [1.29, 1.82) is 0 Å². The van der Waals surface area contributed by atoms with Gasteiger partial charge in [-0.3, -0.25) is 11.3 Å². The maximum absolute atomic E-state index is 13.7. The highest BCUT2D eigenvalue weighted by Crippen LogP contribution is 2.27. The van der Waals surface area contributed by atoms with Gasteiger partial charge in [0.05, 0.1) is 6.04 Å². The second kappa shape index (κ2) is 6.43. The van der Waals surface area contributed by atoms with Gasteiger partial charge in [0.25, 0.3) is 0 Å². The van der Waals surface area contributed by atoms with E-state index in [1.807, 2.05) is 25.1 Å². The molecule has 1 unspecified atom stereocenters. The SMILES string of the molecule is Cc1ccc(C(Cc2ccc(F)cc2F)NN)c(Br)c1. The Hall–Kier alpha value is -1.30. The predicted octanol–water partition coefficient (Wildman–Crippen LogP) is 3.78. The summed E-state index contributed by atoms with van der Waals surface area (Å²) in [6.45, 7) is 1.99. The number of benzene rings is 2. The first-order valence-electron chi connectivity index (χ1n) is 6.17. The number of hydrazine groups is 1. The van der Waals surface area contributed by atoms with Crippen LogP contribution < -0.4 is 11.3 Å². The Bertz CT molecular complexity index is 617. The lowest BCUT2D eigenvalue weighted by molar-refractivity contribution is 0.520. The van der Waals surface area contributed by atoms with Gasteiger partial charge >= 0.3 is 0 Å². The smallest absolute Gasteiger partial charge is 0.129 e. The topological polar surface area (TPSA) is 38.0 Å². The van der Waals surface area contributed by atoms with Crippen molar-refractivity contribution in [3.05, 3.63) is 69.2 Å². The van der Waals surface area contributed by atoms with Crippen LogP contribution in [-0.4, -0.2) is 0 Å². The monoisotopic (exact) mass is 340 g/mol. The van der Waals surface area contributed by atoms with Gasteiger partial charge in [0.1, 0.15) is 11.6 Å². The molecule has 2 aromatic rings. The summed E-state index contributed by atoms with van der Waals surface area (Å²) in [6.07, 6.45) is 0.338. The van der Waals surface area contributed by atoms with Crippen molar-refractivity contribution in [2.24, 2.45) is 5.84 Å². The fourth-order valence-electron chi connectivity index (χ4n) is 2.08. The number of hydrogen-bond donors (Lipinski definition) is 2. The van der Waals surface area contributed by atoms with Crippen LogP contribution in [0.25, 0.3) is 0 Å². The third-order valence-corrected chi connectivity index (χ3v) is 3.86. The van der Waals surface area contributed by atoms with E-state index >= 15 is 0 Å². The Morgan fingerprint density at radius 2 is 1.95 bits per heavy atom. The lowest BCUT2D eigenvalue weighted by Crippen LogP contribution is -2.30. The average Bonchev–Trinajstić information content (AvgIpc) is 2.39. The van der Waals surface area contributed by atoms with E-state index in [4.69, 9.17) is 5.84 Å². The van der Waals surface area contributed by atoms with Gasteiger partial charge in [-0.05, 0) is 42.2 Å². The molecule has 0 saturated carbocycles. The third kappa shape index (κ3) is 3.42. The normalized spacial score (nSPS) is 12.4. The van der Waals surface area contributed by atoms with Crippen molar-refractivity contribution in [3.8, 4) is 0 Å². The molecule has 3 N–H and O–H groups in total. The summed E-state index contributed by atoms with van der Waals surface area (Å²) in [6, 6.07) is 9.18. The van der Waals surface area contributed by atoms with Gasteiger partial charge in [0.2, 0.25) is 0 Å². The van der Waals surface area contributed by atoms with Crippen molar-refractivity contribution >= 4 is 15.9 Å². The van der Waals surface area contributed by atoms with Crippen molar-refractivity contribution in [3.63, 3.8) is 0 Å². The predicted molar refractivity (Wildman–Crippen MR) is 79.0 cm³/mol. The van der Waals surface area contributed by atoms with Crippen molar-refractivity contribution < 1.29 is 8.78 Å². The summed E-state index contributed by atoms with van der Waals surface area (Å²) < 4.78 is 27.5. The summed E-state index contributed by atoms with van der Waals surface area (Å²) >= 11 is 3.48. The van der Waals surface area contributed by atoms with Crippen LogP contribution in [0.1, 0.15) is 22.7 Å². The minimum Gasteiger partial charge on any atom is -0.271 e. The maximum Gasteiger partial charge on any atom is 0.129 e. The zero-order valence-corrected chi connectivity index (χ0v) is 12.5. The molecule has 0 aliphatic carbocycles. The van der Waals surface area contributed by atoms with Gasteiger partial charge < -0.3 is 0 Å². The average molecular weight is 341 g/mol. The Labute approximate surface area is 125 Å². The number of aryl methyl sites for hydroxylation is 1. The number of nitrogens with two attached hydrogens (primary N) is 1. The molecule has 0 aromatic heterocycles. The molecule has 20 heavy (non-hydrogen) atoms. The summed E-state index contributed by atoms with van der Waals surface area (Å²) in [4.78, 5) is 0. The van der Waals surface area contributed by atoms with Crippen molar-refractivity contribution in [2.75, 3.05) is 0 Å². The third-order valence-electron chi connectivity index (χ3n) is 3.17. The molecule has 0 amide bonds. The van der Waals surface area contributed by atoms with E-state index in [1.54, 1.807) is 0 Å². The molecule has 2 nitrogen and oxygen atoms in total. The van der Waals surface area contributed by atoms with E-state index in [2.05, 4.69) is 21.4 Å². The van der Waals surface area contributed by atoms with E-state index in [0.717, 1.165) is 21.7 Å². The van der Waals surface area contributed by atoms with Gasteiger partial charge in [-0.1, -0.05) is 34.1 Å². The van der Waals surface area contributed by atoms with E-state index in [0.29, 0.717) is 12.0 Å². The van der Waals surface area contributed by atoms with Crippen LogP contribution in [0.3, 0.4) is 0 Å². The minimum absolute atomic E-state index is 0.259. The minimum atomic E-state index is -0.583. The number of halogens is 3. The quantitative estimate of drug-likeness (QED) is 0.656. The van der Waals surface area contributed by atoms with Crippen LogP contribution in [-0.2, 0) is 6.42 Å². The lowest BCUT2D eigenvalue weighted by Gasteiger charge is -2.18. The first-order valence-corrected chi connectivity index (χ1v) is 6.96. The van der Waals surface area contributed by atoms with E-state index in [1.165, 1.54) is 12.1 Å². The summed E-state index contributed by atoms with van der Waals surface area (Å²) in [5, 5.41) is 0. The highest BCUT2D eigenvalue weighted by Gasteiger charge is 2.16. The van der Waals surface area contributed by atoms with Gasteiger partial charge in [-0.25, -0.2) is 8.78 Å². The molecule has 1 atom stereocenters. The van der Waals surface area contributed by atoms with Gasteiger partial charge in [0, 0.05) is 10.5 Å². The van der Waals surface area contributed by atoms with Crippen molar-refractivity contribution in [1.82, 2.24) is 5.43 Å². The molecule has 0 radical (unpaired) electrons. The Balaban J connectivity index is 2.28. The van der Waals surface area contributed by atoms with Crippen LogP contribution in [0.4, 0.5) is 8.78 Å². The Morgan fingerprint density at radius 3 is 2.55 bits per heavy atom. The molecular weight excluding hydrogens is 326 g/mol. The zero-order valence-electron chi connectivity index (χ0n) is 11.0. The van der Waals surface area contributed by atoms with E-state index < -0.39 is 11.6 Å². The van der Waals surface area contributed by atoms with Crippen LogP contribution >= 0.6 is 15.9 Å². The summed E-state index contributed by atoms with van der Waals surface area (Å²) in [7, 11) is 0. The highest BCUT2D eigenvalue weighted by atomic mass is 79.9. The van der Waals surface area contributed by atoms with E-state index in [-0.39, 0.29) is 6.04 Å². The highest BCUT2D eigenvalue weighted by molar-refractivity contribution is 9.10. The van der Waals surface area contributed by atoms with Gasteiger partial charge in [-0.15, -0.1) is 0 Å². The van der Waals surface area contributed by atoms with Gasteiger partial charge in [0.15, 0.2) is 0 Å². The molecule has 0 bridgehead atoms. The molecule has 2 aromatic carbocycles. The largest absolute Gasteiger partial charge is 0.271 e. The van der Waals surface area contributed by atoms with E-state index in [9.17, 15) is 8.78 Å². The standard InChI is InChI=1S/C15H15BrF2N2/c1-9-2-5-12(13(16)6-9)15(20-19)7-10-3-4-11(17)8-14(10)18/h2-6,8,15,20H,7,19H2,1H3. The Morgan fingerprint density at radius 1 is 1.20 bits per heavy atom. The second-order valence-electron chi connectivity index (χ2n) is 4.68. The van der Waals surface area contributed by atoms with Gasteiger partial charge in [-0.2, -0.15) is 0 Å². The first kappa shape index (κ1) is 15.1. The molecule has 5 heteroatoms. The molecule has 0 spiro atoms. The van der Waals surface area contributed by atoms with Crippen LogP contribution in [0.5, 0.6) is 0 Å². The maximum atomic E-state index is 13.7. The fraction of sp³-hybridized carbons (Fsp3) is 0.200. The number of hydrogen-bond acceptors (Lipinski definition) is 2. The second-order valence-corrected chi connectivity index (χ2v) is 5.54. The molecule has 0 aliphatic heterocycles. The van der Waals surface area contributed by atoms with Crippen LogP contribution in [0.15, 0.2) is 40.9 Å². The van der Waals surface area contributed by atoms with Crippen LogP contribution in [0.2, 0.25) is 0 Å². The lowest BCUT2D eigenvalue weighted by atomic mass is 9.98.